The first-order chi connectivity index (χ1) is 18.7. The van der Waals surface area contributed by atoms with Crippen molar-refractivity contribution < 1.29 is 19.1 Å². The van der Waals surface area contributed by atoms with Crippen molar-refractivity contribution in [3.63, 3.8) is 0 Å². The molecule has 0 atom stereocenters. The van der Waals surface area contributed by atoms with Gasteiger partial charge in [-0.25, -0.2) is 0 Å². The first-order valence-electron chi connectivity index (χ1n) is 13.8. The second kappa shape index (κ2) is 10.2. The number of ketones is 2. The van der Waals surface area contributed by atoms with E-state index in [9.17, 15) is 14.4 Å². The van der Waals surface area contributed by atoms with Gasteiger partial charge in [-0.1, -0.05) is 57.5 Å². The van der Waals surface area contributed by atoms with E-state index in [1.165, 1.54) is 0 Å². The maximum atomic E-state index is 13.5. The van der Waals surface area contributed by atoms with E-state index in [2.05, 4.69) is 38.3 Å². The maximum Gasteiger partial charge on any atom is 0.262 e. The van der Waals surface area contributed by atoms with Crippen LogP contribution in [0, 0.1) is 24.7 Å². The molecule has 40 heavy (non-hydrogen) atoms. The van der Waals surface area contributed by atoms with E-state index in [0.717, 1.165) is 46.6 Å². The molecule has 210 valence electrons. The lowest BCUT2D eigenvalue weighted by atomic mass is 9.64. The van der Waals surface area contributed by atoms with Crippen LogP contribution in [0.15, 0.2) is 58.9 Å². The molecule has 0 spiro atoms. The highest BCUT2D eigenvalue weighted by molar-refractivity contribution is 6.32. The molecule has 1 aliphatic heterocycles. The van der Waals surface area contributed by atoms with Gasteiger partial charge in [0, 0.05) is 47.0 Å². The van der Waals surface area contributed by atoms with Gasteiger partial charge in [-0.15, -0.1) is 0 Å². The number of carbonyl (C=O) groups is 3. The van der Waals surface area contributed by atoms with E-state index < -0.39 is 5.92 Å². The smallest absolute Gasteiger partial charge is 0.262 e. The third kappa shape index (κ3) is 5.46. The van der Waals surface area contributed by atoms with Gasteiger partial charge in [-0.2, -0.15) is 0 Å². The van der Waals surface area contributed by atoms with Gasteiger partial charge in [0.25, 0.3) is 5.91 Å². The number of hydrogen-bond donors (Lipinski definition) is 2. The summed E-state index contributed by atoms with van der Waals surface area (Å²) in [6, 6.07) is 11.1. The molecule has 2 aromatic carbocycles. The van der Waals surface area contributed by atoms with Crippen LogP contribution in [0.5, 0.6) is 5.75 Å². The van der Waals surface area contributed by atoms with E-state index in [1.54, 1.807) is 12.1 Å². The molecule has 2 aromatic rings. The summed E-state index contributed by atoms with van der Waals surface area (Å²) >= 11 is 6.68. The summed E-state index contributed by atoms with van der Waals surface area (Å²) in [5.74, 6) is -0.272. The topological polar surface area (TPSA) is 84.5 Å². The van der Waals surface area contributed by atoms with Crippen LogP contribution in [0.4, 0.5) is 5.69 Å². The number of carbonyl (C=O) groups excluding carboxylic acids is 3. The molecule has 2 aliphatic carbocycles. The van der Waals surface area contributed by atoms with E-state index in [4.69, 9.17) is 16.3 Å². The summed E-state index contributed by atoms with van der Waals surface area (Å²) < 4.78 is 5.78. The zero-order chi connectivity index (χ0) is 29.0. The second-order valence-electron chi connectivity index (χ2n) is 13.0. The van der Waals surface area contributed by atoms with Crippen molar-refractivity contribution in [2.75, 3.05) is 11.9 Å². The minimum atomic E-state index is -0.474. The highest BCUT2D eigenvalue weighted by atomic mass is 35.5. The van der Waals surface area contributed by atoms with Gasteiger partial charge in [-0.3, -0.25) is 14.4 Å². The molecule has 2 N–H and O–H groups in total. The van der Waals surface area contributed by atoms with Crippen LogP contribution in [-0.2, 0) is 14.4 Å². The molecule has 0 saturated carbocycles. The third-order valence-electron chi connectivity index (χ3n) is 8.25. The van der Waals surface area contributed by atoms with Gasteiger partial charge in [0.15, 0.2) is 18.2 Å². The largest absolute Gasteiger partial charge is 0.482 e. The normalized spacial score (nSPS) is 20.1. The van der Waals surface area contributed by atoms with E-state index in [0.29, 0.717) is 34.8 Å². The zero-order valence-corrected chi connectivity index (χ0v) is 24.8. The van der Waals surface area contributed by atoms with Gasteiger partial charge in [0.05, 0.1) is 5.02 Å². The first-order valence-corrected chi connectivity index (χ1v) is 14.2. The van der Waals surface area contributed by atoms with Crippen molar-refractivity contribution in [2.24, 2.45) is 10.8 Å². The van der Waals surface area contributed by atoms with Crippen molar-refractivity contribution in [1.29, 1.82) is 0 Å². The summed E-state index contributed by atoms with van der Waals surface area (Å²) in [5, 5.41) is 6.74. The number of Topliss-reactive ketones (excluding diaryl/α,β-unsaturated/α-hetero) is 2. The molecular weight excluding hydrogens is 524 g/mol. The number of ether oxygens (including phenoxy) is 1. The lowest BCUT2D eigenvalue weighted by molar-refractivity contribution is -0.119. The first kappa shape index (κ1) is 28.2. The molecule has 0 aromatic heterocycles. The molecule has 7 heteroatoms. The number of amides is 1. The number of nitrogens with one attached hydrogen (secondary N) is 2. The van der Waals surface area contributed by atoms with Crippen molar-refractivity contribution in [2.45, 2.75) is 73.1 Å². The number of halogens is 1. The fourth-order valence-corrected chi connectivity index (χ4v) is 6.50. The predicted molar refractivity (Wildman–Crippen MR) is 157 cm³/mol. The highest BCUT2D eigenvalue weighted by Gasteiger charge is 2.46. The van der Waals surface area contributed by atoms with Crippen molar-refractivity contribution in [3.8, 4) is 5.75 Å². The monoisotopic (exact) mass is 560 g/mol. The van der Waals surface area contributed by atoms with Crippen LogP contribution in [-0.4, -0.2) is 24.1 Å². The van der Waals surface area contributed by atoms with Crippen molar-refractivity contribution in [3.05, 3.63) is 80.7 Å². The molecule has 0 saturated heterocycles. The van der Waals surface area contributed by atoms with Crippen molar-refractivity contribution in [1.82, 2.24) is 5.32 Å². The minimum Gasteiger partial charge on any atom is -0.482 e. The van der Waals surface area contributed by atoms with Crippen molar-refractivity contribution >= 4 is 34.8 Å². The molecule has 0 fully saturated rings. The van der Waals surface area contributed by atoms with Gasteiger partial charge in [0.1, 0.15) is 5.75 Å². The fraction of sp³-hybridized carbons (Fsp3) is 0.424. The number of aryl methyl sites for hydroxylation is 1. The van der Waals surface area contributed by atoms with E-state index >= 15 is 0 Å². The molecule has 5 rings (SSSR count). The Balaban J connectivity index is 1.43. The molecule has 1 amide bonds. The number of hydrogen-bond acceptors (Lipinski definition) is 5. The highest BCUT2D eigenvalue weighted by Crippen LogP contribution is 2.51. The summed E-state index contributed by atoms with van der Waals surface area (Å²) in [6.45, 7) is 12.2. The minimum absolute atomic E-state index is 0.0625. The Labute approximate surface area is 241 Å². The average molecular weight is 561 g/mol. The lowest BCUT2D eigenvalue weighted by Gasteiger charge is -2.44. The number of benzene rings is 2. The van der Waals surface area contributed by atoms with Crippen LogP contribution in [0.3, 0.4) is 0 Å². The van der Waals surface area contributed by atoms with Crippen LogP contribution in [0.25, 0.3) is 0 Å². The quantitative estimate of drug-likeness (QED) is 0.413. The van der Waals surface area contributed by atoms with Crippen LogP contribution >= 0.6 is 11.6 Å². The SMILES string of the molecule is Cc1cccc(NC(=O)COc2ccc(C3C4=C(CC(C)(C)CC4=O)NC4=C3C(=O)CC(C)(C)C4)cc2Cl)c1C. The lowest BCUT2D eigenvalue weighted by Crippen LogP contribution is -2.42. The molecular formula is C33H37ClN2O4. The van der Waals surface area contributed by atoms with E-state index in [1.807, 2.05) is 38.1 Å². The Morgan fingerprint density at radius 2 is 1.55 bits per heavy atom. The Bertz CT molecular complexity index is 1450. The summed E-state index contributed by atoms with van der Waals surface area (Å²) in [5.41, 5.74) is 6.46. The molecule has 0 bridgehead atoms. The van der Waals surface area contributed by atoms with Crippen LogP contribution < -0.4 is 15.4 Å². The maximum absolute atomic E-state index is 13.5. The fourth-order valence-electron chi connectivity index (χ4n) is 6.25. The standard InChI is InChI=1S/C33H37ClN2O4/c1-18-8-7-9-22(19(18)2)36-28(39)17-40-27-11-10-20(12-21(27)34)29-30-23(13-32(3,4)15-25(30)37)35-24-14-33(5,6)16-26(38)31(24)29/h7-12,29,35H,13-17H2,1-6H3,(H,36,39). The summed E-state index contributed by atoms with van der Waals surface area (Å²) in [6.07, 6.45) is 2.33. The van der Waals surface area contributed by atoms with Gasteiger partial charge >= 0.3 is 0 Å². The Hall–Kier alpha value is -3.38. The molecule has 6 nitrogen and oxygen atoms in total. The summed E-state index contributed by atoms with van der Waals surface area (Å²) in [4.78, 5) is 39.6. The predicted octanol–water partition coefficient (Wildman–Crippen LogP) is 6.95. The Morgan fingerprint density at radius 1 is 0.950 bits per heavy atom. The van der Waals surface area contributed by atoms with Crippen LogP contribution in [0.1, 0.15) is 76.0 Å². The molecule has 0 radical (unpaired) electrons. The molecule has 1 heterocycles. The second-order valence-corrected chi connectivity index (χ2v) is 13.4. The Morgan fingerprint density at radius 3 is 2.12 bits per heavy atom. The number of anilines is 1. The van der Waals surface area contributed by atoms with Gasteiger partial charge in [-0.05, 0) is 72.4 Å². The van der Waals surface area contributed by atoms with Gasteiger partial charge < -0.3 is 15.4 Å². The van der Waals surface area contributed by atoms with Gasteiger partial charge in [0.2, 0.25) is 0 Å². The Kier molecular flexibility index (Phi) is 7.20. The molecule has 3 aliphatic rings. The molecule has 0 unspecified atom stereocenters. The number of rotatable bonds is 5. The van der Waals surface area contributed by atoms with Crippen LogP contribution in [0.2, 0.25) is 5.02 Å². The number of dihydropyridines is 1. The average Bonchev–Trinajstić information content (AvgIpc) is 2.83. The third-order valence-corrected chi connectivity index (χ3v) is 8.54. The zero-order valence-electron chi connectivity index (χ0n) is 24.1. The van der Waals surface area contributed by atoms with E-state index in [-0.39, 0.29) is 34.9 Å². The summed E-state index contributed by atoms with van der Waals surface area (Å²) in [7, 11) is 0. The number of allylic oxidation sites excluding steroid dienone is 4.